The lowest BCUT2D eigenvalue weighted by atomic mass is 10.1. The van der Waals surface area contributed by atoms with Crippen molar-refractivity contribution >= 4 is 39.6 Å². The lowest BCUT2D eigenvalue weighted by Crippen LogP contribution is -2.34. The number of halogens is 4. The van der Waals surface area contributed by atoms with Crippen LogP contribution in [-0.4, -0.2) is 197 Å². The van der Waals surface area contributed by atoms with Crippen molar-refractivity contribution < 1.29 is 102 Å². The number of hydroxylamine groups is 2. The van der Waals surface area contributed by atoms with Crippen molar-refractivity contribution in [3.63, 3.8) is 0 Å². The van der Waals surface area contributed by atoms with Crippen molar-refractivity contribution in [2.24, 2.45) is 10.7 Å². The Morgan fingerprint density at radius 1 is 0.662 bits per heavy atom. The summed E-state index contributed by atoms with van der Waals surface area (Å²) in [6.07, 6.45) is 3.93. The average molecular weight is 1120 g/mol. The van der Waals surface area contributed by atoms with Crippen molar-refractivity contribution in [3.05, 3.63) is 70.6 Å². The van der Waals surface area contributed by atoms with Crippen molar-refractivity contribution in [1.29, 1.82) is 0 Å². The molecule has 23 nitrogen and oxygen atoms in total. The van der Waals surface area contributed by atoms with Gasteiger partial charge in [-0.15, -0.1) is 0 Å². The summed E-state index contributed by atoms with van der Waals surface area (Å²) in [6.45, 7) is 11.8. The number of esters is 1. The van der Waals surface area contributed by atoms with Gasteiger partial charge in [0.2, 0.25) is 17.4 Å². The Bertz CT molecular complexity index is 2370. The lowest BCUT2D eigenvalue weighted by Gasteiger charge is -2.21. The topological polar surface area (TPSA) is 268 Å². The number of ether oxygens (including phenoxy) is 12. The van der Waals surface area contributed by atoms with E-state index in [1.54, 1.807) is 10.8 Å². The van der Waals surface area contributed by atoms with Crippen LogP contribution in [0.3, 0.4) is 0 Å². The predicted octanol–water partition coefficient (Wildman–Crippen LogP) is 4.24. The van der Waals surface area contributed by atoms with Crippen LogP contribution in [0.1, 0.15) is 44.4 Å². The number of benzene rings is 2. The number of carbonyl (C=O) groups excluding carboxylic acids is 2. The number of hydrogen-bond acceptors (Lipinski definition) is 20. The number of fused-ring (bicyclic) bond motifs is 1. The van der Waals surface area contributed by atoms with E-state index in [1.165, 1.54) is 5.06 Å². The molecule has 1 aliphatic heterocycles. The van der Waals surface area contributed by atoms with Gasteiger partial charge in [-0.25, -0.2) is 18.8 Å². The van der Waals surface area contributed by atoms with Crippen LogP contribution >= 0.6 is 0 Å². The molecule has 2 aromatic carbocycles. The highest BCUT2D eigenvalue weighted by atomic mass is 32.2. The summed E-state index contributed by atoms with van der Waals surface area (Å²) in [6, 6.07) is 7.69. The van der Waals surface area contributed by atoms with Crippen molar-refractivity contribution in [3.8, 4) is 11.5 Å². The monoisotopic (exact) mass is 1120 g/mol. The van der Waals surface area contributed by atoms with E-state index in [4.69, 9.17) is 67.2 Å². The van der Waals surface area contributed by atoms with Crippen molar-refractivity contribution in [2.45, 2.75) is 44.6 Å². The molecule has 2 heterocycles. The first-order valence-corrected chi connectivity index (χ1v) is 26.3. The second kappa shape index (κ2) is 36.8. The molecular formula is C49H69F4N5O18S. The Morgan fingerprint density at radius 2 is 1.10 bits per heavy atom. The molecule has 77 heavy (non-hydrogen) atoms. The fraction of sp³-hybridized carbons (Fsp3) is 0.592. The number of aliphatic imine (C=N–C) groups is 1. The fourth-order valence-electron chi connectivity index (χ4n) is 6.59. The molecule has 3 aromatic rings. The second-order valence-corrected chi connectivity index (χ2v) is 17.5. The van der Waals surface area contributed by atoms with Gasteiger partial charge in [0.15, 0.2) is 16.5 Å². The van der Waals surface area contributed by atoms with Crippen molar-refractivity contribution in [1.82, 2.24) is 14.8 Å². The van der Waals surface area contributed by atoms with Crippen molar-refractivity contribution in [2.75, 3.05) is 152 Å². The summed E-state index contributed by atoms with van der Waals surface area (Å²) >= 11 is 0. The van der Waals surface area contributed by atoms with Gasteiger partial charge < -0.3 is 62.6 Å². The third-order valence-corrected chi connectivity index (χ3v) is 11.0. The summed E-state index contributed by atoms with van der Waals surface area (Å²) in [5, 5.41) is 6.03. The summed E-state index contributed by atoms with van der Waals surface area (Å²) in [5.74, 6) is -11.9. The van der Waals surface area contributed by atoms with Gasteiger partial charge in [-0.1, -0.05) is 19.1 Å². The molecule has 0 radical (unpaired) electrons. The molecule has 28 heteroatoms. The Balaban J connectivity index is 0.847. The van der Waals surface area contributed by atoms with Crippen LogP contribution < -0.4 is 15.2 Å². The zero-order valence-electron chi connectivity index (χ0n) is 43.2. The number of carbonyl (C=O) groups is 2. The molecule has 4 rings (SSSR count). The Kier molecular flexibility index (Phi) is 30.7. The molecular weight excluding hydrogens is 1050 g/mol. The number of nitrogens with two attached hydrogens (primary N) is 1. The first-order valence-electron chi connectivity index (χ1n) is 24.8. The molecule has 0 atom stereocenters. The third-order valence-electron chi connectivity index (χ3n) is 10.1. The largest absolute Gasteiger partial charge is 0.491 e. The second-order valence-electron chi connectivity index (χ2n) is 16.1. The SMILES string of the molecule is CCCN(OCC)C(=O)C1=Cc2nn(Cc3ccc(OCCOCCOCCOCCOCCOCCOCCOCCOCCOCCOCCC(=O)Oc4c(F)c(F)c(S(=O)(=O)O)c(F)c4F)cc3)cc2N=C(N)C1. The molecule has 1 amide bonds. The Morgan fingerprint density at radius 3 is 1.53 bits per heavy atom. The normalized spacial score (nSPS) is 12.6. The van der Waals surface area contributed by atoms with E-state index in [9.17, 15) is 35.6 Å². The quantitative estimate of drug-likeness (QED) is 0.0153. The Labute approximate surface area is 444 Å². The molecule has 0 aliphatic carbocycles. The van der Waals surface area contributed by atoms with Gasteiger partial charge in [-0.3, -0.25) is 23.7 Å². The highest BCUT2D eigenvalue weighted by Gasteiger charge is 2.34. The van der Waals surface area contributed by atoms with Gasteiger partial charge in [0.25, 0.3) is 5.91 Å². The van der Waals surface area contributed by atoms with E-state index >= 15 is 0 Å². The van der Waals surface area contributed by atoms with Crippen LogP contribution in [-0.2, 0) is 78.5 Å². The number of rotatable bonds is 43. The van der Waals surface area contributed by atoms with E-state index < -0.39 is 56.4 Å². The van der Waals surface area contributed by atoms with Gasteiger partial charge in [-0.2, -0.15) is 22.3 Å². The van der Waals surface area contributed by atoms with E-state index in [2.05, 4.69) is 14.8 Å². The molecule has 0 spiro atoms. The maximum absolute atomic E-state index is 14.0. The summed E-state index contributed by atoms with van der Waals surface area (Å²) in [7, 11) is -5.65. The first-order chi connectivity index (χ1) is 37.2. The smallest absolute Gasteiger partial charge is 0.313 e. The van der Waals surface area contributed by atoms with Crippen LogP contribution in [0, 0.1) is 23.3 Å². The van der Waals surface area contributed by atoms with Crippen LogP contribution in [0.4, 0.5) is 23.2 Å². The highest BCUT2D eigenvalue weighted by Crippen LogP contribution is 2.33. The molecule has 432 valence electrons. The molecule has 0 unspecified atom stereocenters. The Hall–Kier alpha value is -5.21. The zero-order valence-corrected chi connectivity index (χ0v) is 44.0. The maximum atomic E-state index is 14.0. The van der Waals surface area contributed by atoms with Crippen LogP contribution in [0.5, 0.6) is 11.5 Å². The number of amides is 1. The van der Waals surface area contributed by atoms with E-state index in [0.717, 1.165) is 12.0 Å². The van der Waals surface area contributed by atoms with E-state index in [1.807, 2.05) is 44.3 Å². The number of hydrogen-bond donors (Lipinski definition) is 2. The number of amidine groups is 1. The third kappa shape index (κ3) is 24.6. The van der Waals surface area contributed by atoms with Crippen LogP contribution in [0.2, 0.25) is 0 Å². The lowest BCUT2D eigenvalue weighted by molar-refractivity contribution is -0.180. The van der Waals surface area contributed by atoms with Gasteiger partial charge in [0.05, 0.1) is 158 Å². The average Bonchev–Trinajstić information content (AvgIpc) is 3.69. The summed E-state index contributed by atoms with van der Waals surface area (Å²) in [5.41, 5.74) is 8.80. The molecule has 3 N–H and O–H groups in total. The van der Waals surface area contributed by atoms with Crippen LogP contribution in [0.15, 0.2) is 45.9 Å². The highest BCUT2D eigenvalue weighted by molar-refractivity contribution is 7.85. The fourth-order valence-corrected chi connectivity index (χ4v) is 7.22. The van der Waals surface area contributed by atoms with Crippen LogP contribution in [0.25, 0.3) is 6.08 Å². The molecule has 1 aliphatic rings. The number of nitrogens with zero attached hydrogens (tertiary/aromatic N) is 4. The predicted molar refractivity (Wildman–Crippen MR) is 265 cm³/mol. The van der Waals surface area contributed by atoms with Gasteiger partial charge >= 0.3 is 16.1 Å². The van der Waals surface area contributed by atoms with Gasteiger partial charge in [0, 0.05) is 18.5 Å². The molecule has 0 bridgehead atoms. The van der Waals surface area contributed by atoms with E-state index in [0.29, 0.717) is 154 Å². The standard InChI is InChI=1S/C49H69F4N5O18S/c1-3-10-58(75-4-2)49(60)37-32-39-40(55-41(54)33-37)35-57(56-39)34-36-5-7-38(8-6-36)74-31-30-73-29-28-72-27-26-71-25-24-70-23-22-69-21-20-68-19-18-67-17-16-66-15-14-65-13-12-64-11-9-42(59)76-47-43(50)45(52)48(77(61,62)63)46(53)44(47)51/h5-8,32,35H,3-4,9-31,33-34H2,1-2H3,(H2,54,55)(H,61,62,63). The minimum Gasteiger partial charge on any atom is -0.491 e. The minimum absolute atomic E-state index is 0.0205. The number of aromatic nitrogens is 2. The van der Waals surface area contributed by atoms with Gasteiger partial charge in [-0.05, 0) is 37.1 Å². The molecule has 1 aromatic heterocycles. The summed E-state index contributed by atoms with van der Waals surface area (Å²) in [4.78, 5) is 32.8. The molecule has 0 saturated carbocycles. The summed E-state index contributed by atoms with van der Waals surface area (Å²) < 4.78 is 153. The van der Waals surface area contributed by atoms with Gasteiger partial charge in [0.1, 0.15) is 29.6 Å². The molecule has 0 saturated heterocycles. The minimum atomic E-state index is -5.65. The maximum Gasteiger partial charge on any atom is 0.313 e. The molecule has 0 fully saturated rings. The zero-order chi connectivity index (χ0) is 55.7. The first kappa shape index (κ1) is 64.3. The van der Waals surface area contributed by atoms with E-state index in [-0.39, 0.29) is 45.4 Å².